The molecule has 2 aliphatic rings. The van der Waals surface area contributed by atoms with Crippen LogP contribution in [0.1, 0.15) is 89.6 Å². The lowest BCUT2D eigenvalue weighted by atomic mass is 9.93. The summed E-state index contributed by atoms with van der Waals surface area (Å²) in [4.78, 5) is 13.4. The molecule has 212 valence electrons. The fourth-order valence-corrected chi connectivity index (χ4v) is 5.43. The van der Waals surface area contributed by atoms with Gasteiger partial charge in [-0.3, -0.25) is 9.48 Å². The number of likely N-dealkylation sites (tertiary alicyclic amines) is 1. The number of hydrogen-bond acceptors (Lipinski definition) is 4. The monoisotopic (exact) mass is 524 g/mol. The Hall–Kier alpha value is -2.44. The van der Waals surface area contributed by atoms with Crippen LogP contribution >= 0.6 is 0 Å². The number of carboxylic acids is 1. The van der Waals surface area contributed by atoms with Crippen molar-refractivity contribution in [2.24, 2.45) is 11.8 Å². The molecule has 2 aromatic rings. The highest BCUT2D eigenvalue weighted by atomic mass is 16.4. The molecule has 1 aromatic carbocycles. The average Bonchev–Trinajstić information content (AvgIpc) is 3.49. The predicted octanol–water partition coefficient (Wildman–Crippen LogP) is 6.37. The van der Waals surface area contributed by atoms with Gasteiger partial charge in [0.1, 0.15) is 6.04 Å². The minimum absolute atomic E-state index is 0.156. The summed E-state index contributed by atoms with van der Waals surface area (Å²) >= 11 is 0. The lowest BCUT2D eigenvalue weighted by molar-refractivity contribution is -0.140. The zero-order chi connectivity index (χ0) is 28.1. The number of nitrogens with one attached hydrogen (secondary N) is 1. The molecule has 0 spiro atoms. The number of rotatable bonds is 8. The maximum Gasteiger partial charge on any atom is 0.320 e. The number of nitrogens with zero attached hydrogens (tertiary/aromatic N) is 3. The fourth-order valence-electron chi connectivity index (χ4n) is 5.43. The summed E-state index contributed by atoms with van der Waals surface area (Å²) in [5.74, 6) is 0.857. The quantitative estimate of drug-likeness (QED) is 0.393. The van der Waals surface area contributed by atoms with Crippen LogP contribution in [0.5, 0.6) is 0 Å². The Morgan fingerprint density at radius 2 is 1.82 bits per heavy atom. The molecule has 2 fully saturated rings. The second-order valence-corrected chi connectivity index (χ2v) is 11.4. The van der Waals surface area contributed by atoms with Crippen LogP contribution in [0.4, 0.5) is 0 Å². The molecule has 1 saturated heterocycles. The molecule has 0 radical (unpaired) electrons. The number of carbonyl (C=O) groups is 1. The van der Waals surface area contributed by atoms with Gasteiger partial charge >= 0.3 is 5.97 Å². The summed E-state index contributed by atoms with van der Waals surface area (Å²) < 4.78 is 2.22. The summed E-state index contributed by atoms with van der Waals surface area (Å²) in [5.41, 5.74) is 3.99. The molecule has 3 atom stereocenters. The Balaban J connectivity index is 0.000000259. The Kier molecular flexibility index (Phi) is 13.8. The Morgan fingerprint density at radius 1 is 1.18 bits per heavy atom. The number of aryl methyl sites for hydroxylation is 1. The molecule has 0 bridgehead atoms. The van der Waals surface area contributed by atoms with E-state index < -0.39 is 5.97 Å². The molecular formula is C32H52N4O2. The van der Waals surface area contributed by atoms with Gasteiger partial charge in [0, 0.05) is 30.6 Å². The van der Waals surface area contributed by atoms with Crippen LogP contribution in [-0.4, -0.2) is 58.0 Å². The topological polar surface area (TPSA) is 70.4 Å². The highest BCUT2D eigenvalue weighted by Crippen LogP contribution is 2.29. The SMILES string of the molecule is C=CC.CC1CCC(NC(C(=O)O)C(C)C)C1.CCn1nc(Cc2ccccc2)cc1C1CCN(C)CC1. The van der Waals surface area contributed by atoms with Crippen LogP contribution in [0.25, 0.3) is 0 Å². The van der Waals surface area contributed by atoms with Gasteiger partial charge in [-0.05, 0) is 89.6 Å². The minimum Gasteiger partial charge on any atom is -0.480 e. The normalized spacial score (nSPS) is 20.7. The fraction of sp³-hybridized carbons (Fsp3) is 0.625. The van der Waals surface area contributed by atoms with Crippen LogP contribution in [-0.2, 0) is 17.8 Å². The molecule has 3 unspecified atom stereocenters. The number of hydrogen-bond donors (Lipinski definition) is 2. The van der Waals surface area contributed by atoms with Crippen molar-refractivity contribution >= 4 is 5.97 Å². The van der Waals surface area contributed by atoms with Gasteiger partial charge in [-0.1, -0.05) is 57.2 Å². The summed E-state index contributed by atoms with van der Waals surface area (Å²) in [7, 11) is 2.22. The molecule has 1 aliphatic carbocycles. The third-order valence-corrected chi connectivity index (χ3v) is 7.57. The molecule has 1 aromatic heterocycles. The number of carboxylic acid groups (broad SMARTS) is 1. The van der Waals surface area contributed by atoms with Crippen molar-refractivity contribution in [3.05, 3.63) is 66.0 Å². The highest BCUT2D eigenvalue weighted by Gasteiger charge is 2.28. The van der Waals surface area contributed by atoms with Crippen molar-refractivity contribution in [2.75, 3.05) is 20.1 Å². The van der Waals surface area contributed by atoms with E-state index in [1.54, 1.807) is 6.08 Å². The second kappa shape index (κ2) is 16.5. The summed E-state index contributed by atoms with van der Waals surface area (Å²) in [6.07, 6.45) is 8.67. The molecular weight excluding hydrogens is 472 g/mol. The second-order valence-electron chi connectivity index (χ2n) is 11.4. The van der Waals surface area contributed by atoms with Crippen LogP contribution in [0.3, 0.4) is 0 Å². The van der Waals surface area contributed by atoms with E-state index >= 15 is 0 Å². The minimum atomic E-state index is -0.723. The van der Waals surface area contributed by atoms with E-state index in [0.29, 0.717) is 12.0 Å². The van der Waals surface area contributed by atoms with Crippen molar-refractivity contribution in [2.45, 2.75) is 97.7 Å². The van der Waals surface area contributed by atoms with Gasteiger partial charge in [0.15, 0.2) is 0 Å². The number of allylic oxidation sites excluding steroid dienone is 1. The van der Waals surface area contributed by atoms with E-state index in [-0.39, 0.29) is 12.0 Å². The Labute approximate surface area is 231 Å². The van der Waals surface area contributed by atoms with E-state index in [9.17, 15) is 4.79 Å². The third kappa shape index (κ3) is 10.4. The summed E-state index contributed by atoms with van der Waals surface area (Å²) in [6, 6.07) is 13.0. The first kappa shape index (κ1) is 31.8. The van der Waals surface area contributed by atoms with Gasteiger partial charge in [-0.25, -0.2) is 0 Å². The number of aliphatic carboxylic acids is 1. The Bertz CT molecular complexity index is 948. The van der Waals surface area contributed by atoms with Crippen LogP contribution < -0.4 is 5.32 Å². The first-order valence-corrected chi connectivity index (χ1v) is 14.5. The van der Waals surface area contributed by atoms with Crippen molar-refractivity contribution in [3.63, 3.8) is 0 Å². The van der Waals surface area contributed by atoms with Gasteiger partial charge in [0.25, 0.3) is 0 Å². The van der Waals surface area contributed by atoms with E-state index in [4.69, 9.17) is 10.2 Å². The van der Waals surface area contributed by atoms with Crippen LogP contribution in [0.2, 0.25) is 0 Å². The number of benzene rings is 1. The lowest BCUT2D eigenvalue weighted by Crippen LogP contribution is -2.45. The van der Waals surface area contributed by atoms with Crippen molar-refractivity contribution in [3.8, 4) is 0 Å². The average molecular weight is 525 g/mol. The van der Waals surface area contributed by atoms with E-state index in [2.05, 4.69) is 78.8 Å². The maximum absolute atomic E-state index is 10.9. The van der Waals surface area contributed by atoms with E-state index in [0.717, 1.165) is 31.7 Å². The molecule has 1 aliphatic heterocycles. The first-order valence-electron chi connectivity index (χ1n) is 14.5. The lowest BCUT2D eigenvalue weighted by Gasteiger charge is -2.29. The standard InChI is InChI=1S/C18H25N3.C11H21NO2.C3H6/c1-3-21-18(16-9-11-20(2)12-10-16)14-17(19-21)13-15-7-5-4-6-8-15;1-7(2)10(11(13)14)12-9-5-4-8(3)6-9;1-3-2/h4-8,14,16H,3,9-13H2,1-2H3;7-10,12H,4-6H2,1-3H3,(H,13,14);3H,1H2,2H3. The molecule has 2 heterocycles. The van der Waals surface area contributed by atoms with Gasteiger partial charge in [-0.2, -0.15) is 5.10 Å². The molecule has 1 saturated carbocycles. The largest absolute Gasteiger partial charge is 0.480 e. The van der Waals surface area contributed by atoms with Gasteiger partial charge in [0.2, 0.25) is 0 Å². The van der Waals surface area contributed by atoms with Gasteiger partial charge in [0.05, 0.1) is 5.69 Å². The molecule has 6 heteroatoms. The summed E-state index contributed by atoms with van der Waals surface area (Å²) in [5, 5.41) is 17.1. The zero-order valence-electron chi connectivity index (χ0n) is 24.7. The van der Waals surface area contributed by atoms with Crippen molar-refractivity contribution in [1.82, 2.24) is 20.0 Å². The van der Waals surface area contributed by atoms with Gasteiger partial charge in [-0.15, -0.1) is 6.58 Å². The van der Waals surface area contributed by atoms with E-state index in [1.807, 2.05) is 20.8 Å². The van der Waals surface area contributed by atoms with Crippen LogP contribution in [0, 0.1) is 11.8 Å². The predicted molar refractivity (Wildman–Crippen MR) is 159 cm³/mol. The molecule has 0 amide bonds. The highest BCUT2D eigenvalue weighted by molar-refractivity contribution is 5.73. The third-order valence-electron chi connectivity index (χ3n) is 7.57. The van der Waals surface area contributed by atoms with E-state index in [1.165, 1.54) is 49.3 Å². The zero-order valence-corrected chi connectivity index (χ0v) is 24.7. The number of aromatic nitrogens is 2. The first-order chi connectivity index (χ1) is 18.2. The van der Waals surface area contributed by atoms with Crippen LogP contribution in [0.15, 0.2) is 49.1 Å². The molecule has 6 nitrogen and oxygen atoms in total. The number of piperidine rings is 1. The molecule has 2 N–H and O–H groups in total. The molecule has 4 rings (SSSR count). The maximum atomic E-state index is 10.9. The smallest absolute Gasteiger partial charge is 0.320 e. The Morgan fingerprint density at radius 3 is 2.32 bits per heavy atom. The van der Waals surface area contributed by atoms with Crippen molar-refractivity contribution < 1.29 is 9.90 Å². The van der Waals surface area contributed by atoms with Gasteiger partial charge < -0.3 is 15.3 Å². The summed E-state index contributed by atoms with van der Waals surface area (Å²) in [6.45, 7) is 16.9. The molecule has 38 heavy (non-hydrogen) atoms. The van der Waals surface area contributed by atoms with Crippen molar-refractivity contribution in [1.29, 1.82) is 0 Å².